The summed E-state index contributed by atoms with van der Waals surface area (Å²) >= 11 is 9.55. The lowest BCUT2D eigenvalue weighted by Gasteiger charge is -2.21. The van der Waals surface area contributed by atoms with Crippen LogP contribution >= 0.6 is 27.5 Å². The first-order chi connectivity index (χ1) is 8.65. The van der Waals surface area contributed by atoms with Crippen LogP contribution in [0.1, 0.15) is 28.4 Å². The van der Waals surface area contributed by atoms with E-state index in [9.17, 15) is 5.11 Å². The second-order valence-electron chi connectivity index (χ2n) is 4.60. The lowest BCUT2D eigenvalue weighted by molar-refractivity contribution is 0.220. The highest BCUT2D eigenvalue weighted by atomic mass is 79.9. The summed E-state index contributed by atoms with van der Waals surface area (Å²) in [6.45, 7) is 0. The van der Waals surface area contributed by atoms with Gasteiger partial charge in [-0.05, 0) is 47.7 Å². The van der Waals surface area contributed by atoms with Crippen LogP contribution in [-0.2, 0) is 12.8 Å². The molecular weight excluding hydrogens is 312 g/mol. The minimum Gasteiger partial charge on any atom is -0.384 e. The molecule has 0 radical (unpaired) electrons. The van der Waals surface area contributed by atoms with E-state index in [0.717, 1.165) is 28.4 Å². The van der Waals surface area contributed by atoms with Crippen molar-refractivity contribution in [2.45, 2.75) is 18.9 Å². The molecule has 0 saturated heterocycles. The maximum Gasteiger partial charge on any atom is 0.106 e. The van der Waals surface area contributed by atoms with Crippen molar-refractivity contribution in [2.75, 3.05) is 0 Å². The minimum atomic E-state index is -0.666. The van der Waals surface area contributed by atoms with Crippen LogP contribution in [0.5, 0.6) is 0 Å². The number of hydrogen-bond acceptors (Lipinski definition) is 1. The molecule has 1 atom stereocenters. The summed E-state index contributed by atoms with van der Waals surface area (Å²) in [6, 6.07) is 11.7. The first-order valence-corrected chi connectivity index (χ1v) is 7.07. The number of rotatable bonds is 2. The van der Waals surface area contributed by atoms with Crippen LogP contribution in [0.15, 0.2) is 40.9 Å². The zero-order valence-electron chi connectivity index (χ0n) is 9.66. The highest BCUT2D eigenvalue weighted by Gasteiger charge is 2.18. The molecule has 92 valence electrons. The Morgan fingerprint density at radius 2 is 1.83 bits per heavy atom. The van der Waals surface area contributed by atoms with Crippen LogP contribution in [0.2, 0.25) is 5.02 Å². The van der Waals surface area contributed by atoms with E-state index in [2.05, 4.69) is 28.1 Å². The van der Waals surface area contributed by atoms with Crippen molar-refractivity contribution < 1.29 is 5.11 Å². The van der Waals surface area contributed by atoms with Crippen molar-refractivity contribution >= 4 is 27.5 Å². The molecule has 3 rings (SSSR count). The Labute approximate surface area is 120 Å². The lowest BCUT2D eigenvalue weighted by atomic mass is 9.85. The van der Waals surface area contributed by atoms with Gasteiger partial charge in [0.25, 0.3) is 0 Å². The number of fused-ring (bicyclic) bond motifs is 1. The van der Waals surface area contributed by atoms with Gasteiger partial charge in [0.05, 0.1) is 0 Å². The highest BCUT2D eigenvalue weighted by molar-refractivity contribution is 9.10. The fourth-order valence-corrected chi connectivity index (χ4v) is 2.89. The Morgan fingerprint density at radius 1 is 1.06 bits per heavy atom. The van der Waals surface area contributed by atoms with E-state index >= 15 is 0 Å². The molecule has 1 aliphatic carbocycles. The highest BCUT2D eigenvalue weighted by Crippen LogP contribution is 2.33. The van der Waals surface area contributed by atoms with Gasteiger partial charge in [0.15, 0.2) is 0 Å². The molecule has 0 amide bonds. The molecule has 0 bridgehead atoms. The van der Waals surface area contributed by atoms with Gasteiger partial charge in [0.2, 0.25) is 0 Å². The average molecular weight is 324 g/mol. The molecule has 1 unspecified atom stereocenters. The number of halogens is 2. The van der Waals surface area contributed by atoms with Crippen molar-refractivity contribution in [1.82, 2.24) is 0 Å². The predicted octanol–water partition coefficient (Wildman–Crippen LogP) is 4.28. The smallest absolute Gasteiger partial charge is 0.106 e. The van der Waals surface area contributed by atoms with Crippen molar-refractivity contribution in [3.05, 3.63) is 68.1 Å². The third-order valence-corrected chi connectivity index (χ3v) is 4.30. The normalized spacial score (nSPS) is 14.8. The largest absolute Gasteiger partial charge is 0.384 e. The van der Waals surface area contributed by atoms with Crippen molar-refractivity contribution in [3.63, 3.8) is 0 Å². The Kier molecular flexibility index (Phi) is 3.18. The van der Waals surface area contributed by atoms with Gasteiger partial charge in [-0.3, -0.25) is 0 Å². The summed E-state index contributed by atoms with van der Waals surface area (Å²) in [5.41, 5.74) is 4.39. The Balaban J connectivity index is 2.00. The van der Waals surface area contributed by atoms with E-state index < -0.39 is 6.10 Å². The number of aliphatic hydroxyl groups is 1. The Bertz CT molecular complexity index is 609. The molecule has 0 heterocycles. The molecule has 1 aliphatic rings. The van der Waals surface area contributed by atoms with E-state index in [1.54, 1.807) is 6.07 Å². The third-order valence-electron chi connectivity index (χ3n) is 3.46. The second-order valence-corrected chi connectivity index (χ2v) is 5.92. The van der Waals surface area contributed by atoms with Crippen LogP contribution in [-0.4, -0.2) is 5.11 Å². The minimum absolute atomic E-state index is 0.591. The number of hydrogen-bond donors (Lipinski definition) is 1. The number of aryl methyl sites for hydroxylation is 2. The Hall–Kier alpha value is -0.830. The molecule has 0 aromatic heterocycles. The van der Waals surface area contributed by atoms with Crippen LogP contribution in [0.25, 0.3) is 0 Å². The van der Waals surface area contributed by atoms with E-state index in [-0.39, 0.29) is 0 Å². The number of aliphatic hydroxyl groups excluding tert-OH is 1. The predicted molar refractivity (Wildman–Crippen MR) is 77.1 cm³/mol. The van der Waals surface area contributed by atoms with Crippen LogP contribution in [0.4, 0.5) is 0 Å². The molecule has 2 aromatic rings. The second kappa shape index (κ2) is 4.69. The summed E-state index contributed by atoms with van der Waals surface area (Å²) in [4.78, 5) is 0. The summed E-state index contributed by atoms with van der Waals surface area (Å²) in [6.07, 6.45) is 1.60. The van der Waals surface area contributed by atoms with Gasteiger partial charge in [-0.2, -0.15) is 0 Å². The van der Waals surface area contributed by atoms with Gasteiger partial charge in [0, 0.05) is 15.1 Å². The van der Waals surface area contributed by atoms with Gasteiger partial charge < -0.3 is 5.11 Å². The molecule has 3 heteroatoms. The first kappa shape index (κ1) is 12.2. The summed E-state index contributed by atoms with van der Waals surface area (Å²) in [5.74, 6) is 0. The molecule has 1 nitrogen and oxygen atoms in total. The van der Waals surface area contributed by atoms with Crippen molar-refractivity contribution in [2.24, 2.45) is 0 Å². The van der Waals surface area contributed by atoms with E-state index in [4.69, 9.17) is 11.6 Å². The van der Waals surface area contributed by atoms with Crippen LogP contribution in [0.3, 0.4) is 0 Å². The van der Waals surface area contributed by atoms with Gasteiger partial charge in [0.1, 0.15) is 6.10 Å². The lowest BCUT2D eigenvalue weighted by Crippen LogP contribution is -2.10. The fourth-order valence-electron chi connectivity index (χ4n) is 2.29. The van der Waals surface area contributed by atoms with Crippen molar-refractivity contribution in [1.29, 1.82) is 0 Å². The van der Waals surface area contributed by atoms with Crippen molar-refractivity contribution in [3.8, 4) is 0 Å². The van der Waals surface area contributed by atoms with Gasteiger partial charge in [-0.15, -0.1) is 0 Å². The van der Waals surface area contributed by atoms with Crippen LogP contribution in [0, 0.1) is 0 Å². The monoisotopic (exact) mass is 322 g/mol. The summed E-state index contributed by atoms with van der Waals surface area (Å²) in [7, 11) is 0. The quantitative estimate of drug-likeness (QED) is 0.874. The maximum absolute atomic E-state index is 10.4. The summed E-state index contributed by atoms with van der Waals surface area (Å²) in [5, 5.41) is 11.0. The van der Waals surface area contributed by atoms with E-state index in [0.29, 0.717) is 5.02 Å². The first-order valence-electron chi connectivity index (χ1n) is 5.90. The SMILES string of the molecule is OC(c1ccc2c(c1)CC2)c1cc(Br)ccc1Cl. The molecule has 18 heavy (non-hydrogen) atoms. The topological polar surface area (TPSA) is 20.2 Å². The average Bonchev–Trinajstić information content (AvgIpc) is 2.33. The molecule has 0 aliphatic heterocycles. The fraction of sp³-hybridized carbons (Fsp3) is 0.200. The van der Waals surface area contributed by atoms with E-state index in [1.807, 2.05) is 18.2 Å². The third kappa shape index (κ3) is 2.09. The molecule has 2 aromatic carbocycles. The van der Waals surface area contributed by atoms with Gasteiger partial charge in [-0.1, -0.05) is 45.7 Å². The zero-order chi connectivity index (χ0) is 12.7. The Morgan fingerprint density at radius 3 is 2.50 bits per heavy atom. The number of benzene rings is 2. The molecular formula is C15H12BrClO. The molecule has 1 N–H and O–H groups in total. The zero-order valence-corrected chi connectivity index (χ0v) is 12.0. The van der Waals surface area contributed by atoms with Crippen LogP contribution < -0.4 is 0 Å². The molecule has 0 fully saturated rings. The molecule has 0 spiro atoms. The molecule has 0 saturated carbocycles. The van der Waals surface area contributed by atoms with Gasteiger partial charge in [-0.25, -0.2) is 0 Å². The van der Waals surface area contributed by atoms with E-state index in [1.165, 1.54) is 11.1 Å². The summed E-state index contributed by atoms with van der Waals surface area (Å²) < 4.78 is 0.921. The maximum atomic E-state index is 10.4. The standard InChI is InChI=1S/C15H12BrClO/c16-12-5-6-14(17)13(8-12)15(18)11-4-2-9-1-3-10(9)7-11/h2,4-8,15,18H,1,3H2. The van der Waals surface area contributed by atoms with Gasteiger partial charge >= 0.3 is 0 Å².